The van der Waals surface area contributed by atoms with Gasteiger partial charge in [-0.1, -0.05) is 18.1 Å². The maximum Gasteiger partial charge on any atom is 0.262 e. The molecule has 6 heteroatoms. The van der Waals surface area contributed by atoms with Gasteiger partial charge in [0.15, 0.2) is 5.82 Å². The van der Waals surface area contributed by atoms with Crippen molar-refractivity contribution in [2.75, 3.05) is 5.32 Å². The molecule has 0 spiro atoms. The third-order valence-corrected chi connectivity index (χ3v) is 3.25. The van der Waals surface area contributed by atoms with Crippen LogP contribution in [0.4, 0.5) is 5.82 Å². The highest BCUT2D eigenvalue weighted by Gasteiger charge is 2.20. The lowest BCUT2D eigenvalue weighted by molar-refractivity contribution is 0.102. The maximum atomic E-state index is 12.4. The van der Waals surface area contributed by atoms with Crippen molar-refractivity contribution in [1.29, 1.82) is 0 Å². The Kier molecular flexibility index (Phi) is 3.35. The highest BCUT2D eigenvalue weighted by Crippen LogP contribution is 2.20. The van der Waals surface area contributed by atoms with E-state index >= 15 is 0 Å². The van der Waals surface area contributed by atoms with Crippen LogP contribution >= 0.6 is 0 Å². The number of hydrogen-bond acceptors (Lipinski definition) is 5. The van der Waals surface area contributed by atoms with Gasteiger partial charge in [0.2, 0.25) is 0 Å². The van der Waals surface area contributed by atoms with E-state index in [2.05, 4.69) is 20.4 Å². The normalized spacial score (nSPS) is 10.8. The Morgan fingerprint density at radius 3 is 2.95 bits per heavy atom. The molecule has 1 amide bonds. The highest BCUT2D eigenvalue weighted by atomic mass is 16.5. The summed E-state index contributed by atoms with van der Waals surface area (Å²) >= 11 is 0. The Bertz CT molecular complexity index is 805. The zero-order chi connectivity index (χ0) is 14.8. The first kappa shape index (κ1) is 13.2. The summed E-state index contributed by atoms with van der Waals surface area (Å²) in [6.45, 7) is 3.64. The first-order valence-electron chi connectivity index (χ1n) is 6.67. The van der Waals surface area contributed by atoms with Crippen LogP contribution in [0.25, 0.3) is 10.9 Å². The van der Waals surface area contributed by atoms with Gasteiger partial charge in [0.1, 0.15) is 16.8 Å². The van der Waals surface area contributed by atoms with E-state index in [4.69, 9.17) is 4.52 Å². The fourth-order valence-electron chi connectivity index (χ4n) is 2.22. The number of carbonyl (C=O) groups is 1. The largest absolute Gasteiger partial charge is 0.361 e. The van der Waals surface area contributed by atoms with Gasteiger partial charge in [-0.2, -0.15) is 0 Å². The van der Waals surface area contributed by atoms with Gasteiger partial charge >= 0.3 is 0 Å². The summed E-state index contributed by atoms with van der Waals surface area (Å²) < 4.78 is 5.09. The molecule has 0 saturated heterocycles. The van der Waals surface area contributed by atoms with Crippen LogP contribution in [-0.2, 0) is 6.42 Å². The van der Waals surface area contributed by atoms with Crippen LogP contribution in [0.5, 0.6) is 0 Å². The Morgan fingerprint density at radius 2 is 2.14 bits per heavy atom. The smallest absolute Gasteiger partial charge is 0.262 e. The van der Waals surface area contributed by atoms with E-state index in [-0.39, 0.29) is 5.91 Å². The van der Waals surface area contributed by atoms with Crippen molar-refractivity contribution in [3.8, 4) is 0 Å². The minimum absolute atomic E-state index is 0.281. The molecule has 3 rings (SSSR count). The summed E-state index contributed by atoms with van der Waals surface area (Å²) in [7, 11) is 0. The first-order valence-corrected chi connectivity index (χ1v) is 6.67. The van der Waals surface area contributed by atoms with Crippen molar-refractivity contribution < 1.29 is 9.32 Å². The zero-order valence-electron chi connectivity index (χ0n) is 11.8. The van der Waals surface area contributed by atoms with E-state index in [0.717, 1.165) is 5.39 Å². The molecule has 106 valence electrons. The lowest BCUT2D eigenvalue weighted by Gasteiger charge is -2.06. The number of hydrogen-bond donors (Lipinski definition) is 1. The molecular weight excluding hydrogens is 268 g/mol. The van der Waals surface area contributed by atoms with Gasteiger partial charge in [-0.15, -0.1) is 0 Å². The SMILES string of the molecule is CCc1noc(C)c1C(=O)Nc1nccc2cccnc12. The van der Waals surface area contributed by atoms with Crippen LogP contribution < -0.4 is 5.32 Å². The minimum atomic E-state index is -0.281. The van der Waals surface area contributed by atoms with Crippen LogP contribution in [0.15, 0.2) is 35.1 Å². The van der Waals surface area contributed by atoms with E-state index < -0.39 is 0 Å². The number of carbonyl (C=O) groups excluding carboxylic acids is 1. The molecular formula is C15H14N4O2. The third kappa shape index (κ3) is 2.35. The molecule has 1 N–H and O–H groups in total. The molecule has 0 radical (unpaired) electrons. The number of rotatable bonds is 3. The quantitative estimate of drug-likeness (QED) is 0.798. The molecule has 0 atom stereocenters. The fraction of sp³-hybridized carbons (Fsp3) is 0.200. The topological polar surface area (TPSA) is 80.9 Å². The lowest BCUT2D eigenvalue weighted by Crippen LogP contribution is -2.15. The van der Waals surface area contributed by atoms with Crippen LogP contribution in [0, 0.1) is 6.92 Å². The third-order valence-electron chi connectivity index (χ3n) is 3.25. The molecule has 0 aliphatic heterocycles. The van der Waals surface area contributed by atoms with Gasteiger partial charge in [0.25, 0.3) is 5.91 Å². The van der Waals surface area contributed by atoms with Gasteiger partial charge in [0, 0.05) is 17.8 Å². The highest BCUT2D eigenvalue weighted by molar-refractivity contribution is 6.08. The van der Waals surface area contributed by atoms with E-state index in [0.29, 0.717) is 34.8 Å². The zero-order valence-corrected chi connectivity index (χ0v) is 11.8. The second-order valence-corrected chi connectivity index (χ2v) is 4.60. The number of nitrogens with zero attached hydrogens (tertiary/aromatic N) is 3. The summed E-state index contributed by atoms with van der Waals surface area (Å²) in [5, 5.41) is 7.59. The van der Waals surface area contributed by atoms with Crippen LogP contribution in [0.2, 0.25) is 0 Å². The van der Waals surface area contributed by atoms with E-state index in [9.17, 15) is 4.79 Å². The van der Waals surface area contributed by atoms with Gasteiger partial charge in [-0.05, 0) is 25.5 Å². The summed E-state index contributed by atoms with van der Waals surface area (Å²) in [4.78, 5) is 20.9. The fourth-order valence-corrected chi connectivity index (χ4v) is 2.22. The molecule has 0 fully saturated rings. The molecule has 0 aromatic carbocycles. The standard InChI is InChI=1S/C15H14N4O2/c1-3-11-12(9(2)21-19-11)15(20)18-14-13-10(6-8-17-14)5-4-7-16-13/h4-8H,3H2,1-2H3,(H,17,18,20). The van der Waals surface area contributed by atoms with Crippen LogP contribution in [-0.4, -0.2) is 21.0 Å². The Hall–Kier alpha value is -2.76. The number of aromatic nitrogens is 3. The van der Waals surface area contributed by atoms with Crippen molar-refractivity contribution in [1.82, 2.24) is 15.1 Å². The summed E-state index contributed by atoms with van der Waals surface area (Å²) in [5.74, 6) is 0.648. The van der Waals surface area contributed by atoms with Crippen LogP contribution in [0.3, 0.4) is 0 Å². The summed E-state index contributed by atoms with van der Waals surface area (Å²) in [6.07, 6.45) is 3.93. The monoisotopic (exact) mass is 282 g/mol. The predicted molar refractivity (Wildman–Crippen MR) is 78.1 cm³/mol. The molecule has 3 aromatic rings. The van der Waals surface area contributed by atoms with Crippen LogP contribution in [0.1, 0.15) is 28.7 Å². The van der Waals surface area contributed by atoms with E-state index in [1.807, 2.05) is 25.1 Å². The Labute approximate surface area is 121 Å². The Morgan fingerprint density at radius 1 is 1.29 bits per heavy atom. The minimum Gasteiger partial charge on any atom is -0.361 e. The van der Waals surface area contributed by atoms with E-state index in [1.165, 1.54) is 0 Å². The molecule has 3 aromatic heterocycles. The molecule has 0 unspecified atom stereocenters. The maximum absolute atomic E-state index is 12.4. The number of aryl methyl sites for hydroxylation is 2. The number of fused-ring (bicyclic) bond motifs is 1. The molecule has 6 nitrogen and oxygen atoms in total. The molecule has 0 bridgehead atoms. The van der Waals surface area contributed by atoms with Crippen molar-refractivity contribution in [3.63, 3.8) is 0 Å². The molecule has 3 heterocycles. The molecule has 0 aliphatic carbocycles. The summed E-state index contributed by atoms with van der Waals surface area (Å²) in [5.41, 5.74) is 1.76. The number of anilines is 1. The summed E-state index contributed by atoms with van der Waals surface area (Å²) in [6, 6.07) is 5.61. The van der Waals surface area contributed by atoms with Gasteiger partial charge in [0.05, 0.1) is 5.69 Å². The number of amides is 1. The second kappa shape index (κ2) is 5.32. The molecule has 21 heavy (non-hydrogen) atoms. The van der Waals surface area contributed by atoms with Crippen molar-refractivity contribution in [2.45, 2.75) is 20.3 Å². The molecule has 0 saturated carbocycles. The lowest BCUT2D eigenvalue weighted by atomic mass is 10.1. The van der Waals surface area contributed by atoms with Crippen molar-refractivity contribution in [2.24, 2.45) is 0 Å². The van der Waals surface area contributed by atoms with Gasteiger partial charge in [-0.25, -0.2) is 4.98 Å². The first-order chi connectivity index (χ1) is 10.2. The second-order valence-electron chi connectivity index (χ2n) is 4.60. The molecule has 0 aliphatic rings. The van der Waals surface area contributed by atoms with Crippen molar-refractivity contribution >= 4 is 22.6 Å². The predicted octanol–water partition coefficient (Wildman–Crippen LogP) is 2.74. The van der Waals surface area contributed by atoms with E-state index in [1.54, 1.807) is 19.3 Å². The number of pyridine rings is 2. The average Bonchev–Trinajstić information content (AvgIpc) is 2.88. The average molecular weight is 282 g/mol. The van der Waals surface area contributed by atoms with Gasteiger partial charge in [-0.3, -0.25) is 9.78 Å². The van der Waals surface area contributed by atoms with Gasteiger partial charge < -0.3 is 9.84 Å². The number of nitrogens with one attached hydrogen (secondary N) is 1. The van der Waals surface area contributed by atoms with Crippen molar-refractivity contribution in [3.05, 3.63) is 47.6 Å². The Balaban J connectivity index is 1.99.